The summed E-state index contributed by atoms with van der Waals surface area (Å²) in [5.74, 6) is 0.826. The summed E-state index contributed by atoms with van der Waals surface area (Å²) in [6, 6.07) is 0. The van der Waals surface area contributed by atoms with E-state index in [1.165, 1.54) is 11.8 Å². The average Bonchev–Trinajstić information content (AvgIpc) is 3.34. The number of ether oxygens (including phenoxy) is 2. The minimum absolute atomic E-state index is 0.227. The molecule has 3 rings (SSSR count). The number of carbonyl (C=O) groups excluding carboxylic acids is 2. The summed E-state index contributed by atoms with van der Waals surface area (Å²) in [4.78, 5) is 25.1. The molecule has 28 heavy (non-hydrogen) atoms. The fraction of sp³-hybridized carbons (Fsp3) is 0.556. The number of nitrogens with two attached hydrogens (primary N) is 1. The van der Waals surface area contributed by atoms with Crippen molar-refractivity contribution in [2.75, 3.05) is 18.9 Å². The molecule has 0 unspecified atom stereocenters. The van der Waals surface area contributed by atoms with E-state index in [1.807, 2.05) is 0 Å². The van der Waals surface area contributed by atoms with Crippen molar-refractivity contribution in [2.45, 2.75) is 57.0 Å². The molecular weight excluding hydrogens is 400 g/mol. The van der Waals surface area contributed by atoms with Crippen molar-refractivity contribution in [1.82, 2.24) is 14.8 Å². The van der Waals surface area contributed by atoms with E-state index in [4.69, 9.17) is 15.2 Å². The second kappa shape index (κ2) is 8.95. The lowest BCUT2D eigenvalue weighted by Gasteiger charge is -2.09. The number of carbonyl (C=O) groups is 2. The molecule has 152 valence electrons. The number of thioether (sulfide) groups is 1. The number of esters is 2. The van der Waals surface area contributed by atoms with E-state index in [0.717, 1.165) is 41.7 Å². The van der Waals surface area contributed by atoms with Crippen LogP contribution in [0.15, 0.2) is 5.16 Å². The largest absolute Gasteiger partial charge is 0.462 e. The van der Waals surface area contributed by atoms with Crippen molar-refractivity contribution >= 4 is 40.0 Å². The van der Waals surface area contributed by atoms with Crippen LogP contribution >= 0.6 is 23.1 Å². The second-order valence-corrected chi connectivity index (χ2v) is 8.23. The van der Waals surface area contributed by atoms with Gasteiger partial charge in [0.25, 0.3) is 0 Å². The first-order chi connectivity index (χ1) is 13.5. The quantitative estimate of drug-likeness (QED) is 0.481. The van der Waals surface area contributed by atoms with Gasteiger partial charge in [0.1, 0.15) is 15.7 Å². The Morgan fingerprint density at radius 1 is 1.18 bits per heavy atom. The van der Waals surface area contributed by atoms with E-state index in [2.05, 4.69) is 21.7 Å². The molecular formula is C18H24N4O4S2. The van der Waals surface area contributed by atoms with Crippen molar-refractivity contribution in [2.24, 2.45) is 0 Å². The molecule has 2 aromatic heterocycles. The smallest absolute Gasteiger partial charge is 0.348 e. The molecule has 0 aromatic carbocycles. The Hall–Kier alpha value is -2.07. The number of nitrogens with zero attached hydrogens (tertiary/aromatic N) is 3. The standard InChI is InChI=1S/C18H24N4O4S2/c1-4-22-15(10-7-8-10)20-21-18(22)27-9-11-12(16(23)25-5-2)14(19)28-13(11)17(24)26-6-3/h10H,4-9,19H2,1-3H3. The summed E-state index contributed by atoms with van der Waals surface area (Å²) < 4.78 is 12.4. The molecule has 0 bridgehead atoms. The number of aromatic nitrogens is 3. The number of hydrogen-bond acceptors (Lipinski definition) is 9. The highest BCUT2D eigenvalue weighted by Crippen LogP contribution is 2.41. The van der Waals surface area contributed by atoms with Gasteiger partial charge in [-0.2, -0.15) is 0 Å². The predicted molar refractivity (Wildman–Crippen MR) is 108 cm³/mol. The highest BCUT2D eigenvalue weighted by Gasteiger charge is 2.31. The Bertz CT molecular complexity index is 873. The molecule has 0 radical (unpaired) electrons. The first-order valence-electron chi connectivity index (χ1n) is 9.32. The van der Waals surface area contributed by atoms with Gasteiger partial charge in [-0.15, -0.1) is 21.5 Å². The summed E-state index contributed by atoms with van der Waals surface area (Å²) in [5, 5.41) is 9.65. The Labute approximate surface area is 171 Å². The van der Waals surface area contributed by atoms with Gasteiger partial charge in [0.15, 0.2) is 5.16 Å². The van der Waals surface area contributed by atoms with Gasteiger partial charge in [-0.1, -0.05) is 11.8 Å². The maximum atomic E-state index is 12.4. The van der Waals surface area contributed by atoms with E-state index in [1.54, 1.807) is 13.8 Å². The van der Waals surface area contributed by atoms with Crippen LogP contribution in [-0.2, 0) is 21.8 Å². The van der Waals surface area contributed by atoms with Gasteiger partial charge in [-0.05, 0) is 33.6 Å². The number of nitrogen functional groups attached to an aromatic ring is 1. The van der Waals surface area contributed by atoms with Gasteiger partial charge in [0, 0.05) is 23.8 Å². The van der Waals surface area contributed by atoms with Crippen molar-refractivity contribution in [3.63, 3.8) is 0 Å². The van der Waals surface area contributed by atoms with Gasteiger partial charge in [0.05, 0.1) is 18.8 Å². The van der Waals surface area contributed by atoms with E-state index in [0.29, 0.717) is 22.1 Å². The SMILES string of the molecule is CCOC(=O)c1sc(N)c(C(=O)OCC)c1CSc1nnc(C2CC2)n1CC. The minimum Gasteiger partial charge on any atom is -0.462 e. The molecule has 2 N–H and O–H groups in total. The average molecular weight is 425 g/mol. The first kappa shape index (κ1) is 20.7. The van der Waals surface area contributed by atoms with Crippen LogP contribution in [0.3, 0.4) is 0 Å². The Morgan fingerprint density at radius 2 is 1.86 bits per heavy atom. The molecule has 10 heteroatoms. The molecule has 0 saturated heterocycles. The van der Waals surface area contributed by atoms with Crippen LogP contribution in [0.1, 0.15) is 70.9 Å². The third-order valence-electron chi connectivity index (χ3n) is 4.32. The second-order valence-electron chi connectivity index (χ2n) is 6.24. The normalized spacial score (nSPS) is 13.5. The van der Waals surface area contributed by atoms with Gasteiger partial charge in [0.2, 0.25) is 0 Å². The van der Waals surface area contributed by atoms with E-state index in [9.17, 15) is 9.59 Å². The zero-order chi connectivity index (χ0) is 20.3. The molecule has 0 aliphatic heterocycles. The molecule has 2 heterocycles. The maximum Gasteiger partial charge on any atom is 0.348 e. The molecule has 1 fully saturated rings. The molecule has 0 atom stereocenters. The summed E-state index contributed by atoms with van der Waals surface area (Å²) in [6.07, 6.45) is 2.29. The minimum atomic E-state index is -0.530. The Balaban J connectivity index is 1.91. The lowest BCUT2D eigenvalue weighted by atomic mass is 10.1. The fourth-order valence-corrected chi connectivity index (χ4v) is 4.99. The molecule has 8 nitrogen and oxygen atoms in total. The number of rotatable bonds is 9. The van der Waals surface area contributed by atoms with Gasteiger partial charge in [-0.3, -0.25) is 0 Å². The highest BCUT2D eigenvalue weighted by atomic mass is 32.2. The van der Waals surface area contributed by atoms with Gasteiger partial charge >= 0.3 is 11.9 Å². The number of hydrogen-bond donors (Lipinski definition) is 1. The lowest BCUT2D eigenvalue weighted by molar-refractivity contribution is 0.0527. The third-order valence-corrected chi connectivity index (χ3v) is 6.36. The van der Waals surface area contributed by atoms with Crippen LogP contribution < -0.4 is 5.73 Å². The van der Waals surface area contributed by atoms with E-state index in [-0.39, 0.29) is 23.8 Å². The third kappa shape index (κ3) is 4.17. The number of thiophene rings is 1. The van der Waals surface area contributed by atoms with Crippen LogP contribution in [0.25, 0.3) is 0 Å². The monoisotopic (exact) mass is 424 g/mol. The first-order valence-corrected chi connectivity index (χ1v) is 11.1. The van der Waals surface area contributed by atoms with Crippen molar-refractivity contribution < 1.29 is 19.1 Å². The summed E-state index contributed by atoms with van der Waals surface area (Å²) in [7, 11) is 0. The van der Waals surface area contributed by atoms with Crippen LogP contribution in [0.5, 0.6) is 0 Å². The van der Waals surface area contributed by atoms with Gasteiger partial charge < -0.3 is 19.8 Å². The fourth-order valence-electron chi connectivity index (χ4n) is 2.90. The molecule has 0 amide bonds. The van der Waals surface area contributed by atoms with Crippen molar-refractivity contribution in [3.8, 4) is 0 Å². The topological polar surface area (TPSA) is 109 Å². The Morgan fingerprint density at radius 3 is 2.46 bits per heavy atom. The van der Waals surface area contributed by atoms with E-state index < -0.39 is 11.9 Å². The van der Waals surface area contributed by atoms with Crippen LogP contribution in [0.4, 0.5) is 5.00 Å². The molecule has 1 aliphatic carbocycles. The zero-order valence-corrected chi connectivity index (χ0v) is 17.8. The van der Waals surface area contributed by atoms with Crippen molar-refractivity contribution in [1.29, 1.82) is 0 Å². The highest BCUT2D eigenvalue weighted by molar-refractivity contribution is 7.98. The molecule has 2 aromatic rings. The van der Waals surface area contributed by atoms with Crippen molar-refractivity contribution in [3.05, 3.63) is 21.8 Å². The maximum absolute atomic E-state index is 12.4. The predicted octanol–water partition coefficient (Wildman–Crippen LogP) is 3.46. The molecule has 0 spiro atoms. The zero-order valence-electron chi connectivity index (χ0n) is 16.2. The summed E-state index contributed by atoms with van der Waals surface area (Å²) in [6.45, 7) is 6.75. The Kier molecular flexibility index (Phi) is 6.61. The van der Waals surface area contributed by atoms with Gasteiger partial charge in [-0.25, -0.2) is 9.59 Å². The van der Waals surface area contributed by atoms with E-state index >= 15 is 0 Å². The van der Waals surface area contributed by atoms with Crippen LogP contribution in [0, 0.1) is 0 Å². The summed E-state index contributed by atoms with van der Waals surface area (Å²) in [5.41, 5.74) is 6.83. The molecule has 1 aliphatic rings. The number of anilines is 1. The van der Waals surface area contributed by atoms with Crippen LogP contribution in [-0.4, -0.2) is 39.9 Å². The van der Waals surface area contributed by atoms with Crippen LogP contribution in [0.2, 0.25) is 0 Å². The summed E-state index contributed by atoms with van der Waals surface area (Å²) >= 11 is 2.48. The molecule has 1 saturated carbocycles. The lowest BCUT2D eigenvalue weighted by Crippen LogP contribution is -2.11.